The van der Waals surface area contributed by atoms with Crippen molar-refractivity contribution in [2.45, 2.75) is 12.8 Å². The van der Waals surface area contributed by atoms with Gasteiger partial charge in [-0.1, -0.05) is 18.2 Å². The highest BCUT2D eigenvalue weighted by Gasteiger charge is 2.05. The molecule has 0 spiro atoms. The van der Waals surface area contributed by atoms with Crippen molar-refractivity contribution in [1.29, 1.82) is 5.26 Å². The zero-order chi connectivity index (χ0) is 12.8. The third-order valence-corrected chi connectivity index (χ3v) is 2.59. The van der Waals surface area contributed by atoms with E-state index < -0.39 is 0 Å². The van der Waals surface area contributed by atoms with E-state index in [-0.39, 0.29) is 5.78 Å². The van der Waals surface area contributed by atoms with Gasteiger partial charge in [0.25, 0.3) is 0 Å². The molecule has 0 aliphatic carbocycles. The lowest BCUT2D eigenvalue weighted by Gasteiger charge is -2.01. The van der Waals surface area contributed by atoms with Crippen molar-refractivity contribution < 1.29 is 4.79 Å². The number of carbonyl (C=O) groups is 1. The second-order valence-electron chi connectivity index (χ2n) is 4.02. The van der Waals surface area contributed by atoms with Gasteiger partial charge in [0, 0.05) is 24.7 Å². The first-order valence-corrected chi connectivity index (χ1v) is 5.68. The number of pyridine rings is 1. The van der Waals surface area contributed by atoms with E-state index in [1.54, 1.807) is 18.3 Å². The van der Waals surface area contributed by atoms with Crippen LogP contribution < -0.4 is 0 Å². The Morgan fingerprint density at radius 1 is 1.11 bits per heavy atom. The predicted octanol–water partition coefficient (Wildman–Crippen LogP) is 2.31. The zero-order valence-corrected chi connectivity index (χ0v) is 9.84. The SMILES string of the molecule is N#Cc1ccc(CC(=O)Cc2ccccn2)cc1. The van der Waals surface area contributed by atoms with E-state index in [0.29, 0.717) is 18.4 Å². The molecule has 18 heavy (non-hydrogen) atoms. The number of aromatic nitrogens is 1. The molecule has 0 aliphatic heterocycles. The molecular formula is C15H12N2O. The summed E-state index contributed by atoms with van der Waals surface area (Å²) in [5.41, 5.74) is 2.32. The van der Waals surface area contributed by atoms with Gasteiger partial charge in [0.1, 0.15) is 5.78 Å². The molecule has 2 rings (SSSR count). The van der Waals surface area contributed by atoms with Gasteiger partial charge in [-0.3, -0.25) is 9.78 Å². The summed E-state index contributed by atoms with van der Waals surface area (Å²) >= 11 is 0. The first-order valence-electron chi connectivity index (χ1n) is 5.68. The summed E-state index contributed by atoms with van der Waals surface area (Å²) in [6, 6.07) is 14.7. The summed E-state index contributed by atoms with van der Waals surface area (Å²) in [4.78, 5) is 16.0. The van der Waals surface area contributed by atoms with Crippen LogP contribution in [0.25, 0.3) is 0 Å². The number of hydrogen-bond donors (Lipinski definition) is 0. The molecule has 1 heterocycles. The Bertz CT molecular complexity index is 568. The van der Waals surface area contributed by atoms with Crippen LogP contribution in [0, 0.1) is 11.3 Å². The molecule has 0 bridgehead atoms. The molecule has 3 nitrogen and oxygen atoms in total. The highest BCUT2D eigenvalue weighted by Crippen LogP contribution is 2.06. The van der Waals surface area contributed by atoms with Gasteiger partial charge in [-0.15, -0.1) is 0 Å². The molecule has 88 valence electrons. The van der Waals surface area contributed by atoms with Crippen molar-refractivity contribution in [1.82, 2.24) is 4.98 Å². The van der Waals surface area contributed by atoms with Crippen molar-refractivity contribution in [2.24, 2.45) is 0 Å². The van der Waals surface area contributed by atoms with Crippen LogP contribution in [0.15, 0.2) is 48.7 Å². The first-order chi connectivity index (χ1) is 8.78. The van der Waals surface area contributed by atoms with Gasteiger partial charge in [0.15, 0.2) is 0 Å². The number of Topliss-reactive ketones (excluding diaryl/α,β-unsaturated/α-hetero) is 1. The van der Waals surface area contributed by atoms with Crippen LogP contribution in [0.5, 0.6) is 0 Å². The third-order valence-electron chi connectivity index (χ3n) is 2.59. The summed E-state index contributed by atoms with van der Waals surface area (Å²) in [6.07, 6.45) is 2.41. The second-order valence-corrected chi connectivity index (χ2v) is 4.02. The minimum absolute atomic E-state index is 0.124. The number of benzene rings is 1. The molecule has 2 aromatic rings. The number of ketones is 1. The standard InChI is InChI=1S/C15H12N2O/c16-11-13-6-4-12(5-7-13)9-15(18)10-14-3-1-2-8-17-14/h1-8H,9-10H2. The molecule has 0 saturated carbocycles. The van der Waals surface area contributed by atoms with Gasteiger partial charge in [0.05, 0.1) is 11.6 Å². The first kappa shape index (κ1) is 12.0. The zero-order valence-electron chi connectivity index (χ0n) is 9.84. The van der Waals surface area contributed by atoms with E-state index in [4.69, 9.17) is 5.26 Å². The molecule has 1 aromatic heterocycles. The van der Waals surface area contributed by atoms with Crippen molar-refractivity contribution in [3.63, 3.8) is 0 Å². The quantitative estimate of drug-likeness (QED) is 0.818. The maximum atomic E-state index is 11.8. The van der Waals surface area contributed by atoms with Crippen molar-refractivity contribution in [3.8, 4) is 6.07 Å². The molecule has 3 heteroatoms. The van der Waals surface area contributed by atoms with Crippen LogP contribution in [-0.2, 0) is 17.6 Å². The average molecular weight is 236 g/mol. The van der Waals surface area contributed by atoms with Gasteiger partial charge in [-0.25, -0.2) is 0 Å². The topological polar surface area (TPSA) is 53.8 Å². The molecule has 0 saturated heterocycles. The van der Waals surface area contributed by atoms with Gasteiger partial charge in [0.2, 0.25) is 0 Å². The molecule has 0 aliphatic rings. The number of nitrogens with zero attached hydrogens (tertiary/aromatic N) is 2. The van der Waals surface area contributed by atoms with E-state index in [1.807, 2.05) is 30.3 Å². The van der Waals surface area contributed by atoms with Gasteiger partial charge in [-0.05, 0) is 29.8 Å². The van der Waals surface area contributed by atoms with E-state index in [9.17, 15) is 4.79 Å². The Balaban J connectivity index is 1.97. The van der Waals surface area contributed by atoms with Crippen LogP contribution in [-0.4, -0.2) is 10.8 Å². The van der Waals surface area contributed by atoms with Gasteiger partial charge < -0.3 is 0 Å². The second kappa shape index (κ2) is 5.74. The predicted molar refractivity (Wildman–Crippen MR) is 67.8 cm³/mol. The largest absolute Gasteiger partial charge is 0.299 e. The number of hydrogen-bond acceptors (Lipinski definition) is 3. The highest BCUT2D eigenvalue weighted by atomic mass is 16.1. The fourth-order valence-corrected chi connectivity index (χ4v) is 1.69. The van der Waals surface area contributed by atoms with E-state index >= 15 is 0 Å². The summed E-state index contributed by atoms with van der Waals surface area (Å²) in [5.74, 6) is 0.124. The molecule has 0 amide bonds. The van der Waals surface area contributed by atoms with E-state index in [1.165, 1.54) is 0 Å². The maximum absolute atomic E-state index is 11.8. The van der Waals surface area contributed by atoms with Crippen LogP contribution in [0.2, 0.25) is 0 Å². The Kier molecular flexibility index (Phi) is 3.83. The highest BCUT2D eigenvalue weighted by molar-refractivity contribution is 5.82. The Labute approximate surface area is 106 Å². The summed E-state index contributed by atoms with van der Waals surface area (Å²) < 4.78 is 0. The van der Waals surface area contributed by atoms with E-state index in [2.05, 4.69) is 11.1 Å². The molecule has 0 radical (unpaired) electrons. The summed E-state index contributed by atoms with van der Waals surface area (Å²) in [5, 5.41) is 8.68. The van der Waals surface area contributed by atoms with Crippen molar-refractivity contribution in [2.75, 3.05) is 0 Å². The lowest BCUT2D eigenvalue weighted by Crippen LogP contribution is -2.07. The molecule has 0 N–H and O–H groups in total. The van der Waals surface area contributed by atoms with E-state index in [0.717, 1.165) is 11.3 Å². The fourth-order valence-electron chi connectivity index (χ4n) is 1.69. The normalized spacial score (nSPS) is 9.72. The monoisotopic (exact) mass is 236 g/mol. The van der Waals surface area contributed by atoms with Crippen molar-refractivity contribution in [3.05, 3.63) is 65.5 Å². The smallest absolute Gasteiger partial charge is 0.143 e. The molecule has 0 atom stereocenters. The lowest BCUT2D eigenvalue weighted by molar-refractivity contribution is -0.117. The lowest BCUT2D eigenvalue weighted by atomic mass is 10.0. The third kappa shape index (κ3) is 3.26. The summed E-state index contributed by atoms with van der Waals surface area (Å²) in [7, 11) is 0. The number of carbonyl (C=O) groups excluding carboxylic acids is 1. The number of nitriles is 1. The van der Waals surface area contributed by atoms with Crippen LogP contribution in [0.3, 0.4) is 0 Å². The Morgan fingerprint density at radius 3 is 2.50 bits per heavy atom. The van der Waals surface area contributed by atoms with Gasteiger partial charge in [-0.2, -0.15) is 5.26 Å². The minimum Gasteiger partial charge on any atom is -0.299 e. The molecule has 1 aromatic carbocycles. The Morgan fingerprint density at radius 2 is 1.89 bits per heavy atom. The fraction of sp³-hybridized carbons (Fsp3) is 0.133. The molecule has 0 unspecified atom stereocenters. The van der Waals surface area contributed by atoms with Gasteiger partial charge >= 0.3 is 0 Å². The van der Waals surface area contributed by atoms with Crippen LogP contribution in [0.4, 0.5) is 0 Å². The Hall–Kier alpha value is -2.47. The minimum atomic E-state index is 0.124. The number of rotatable bonds is 4. The van der Waals surface area contributed by atoms with Crippen molar-refractivity contribution >= 4 is 5.78 Å². The molecule has 0 fully saturated rings. The molecular weight excluding hydrogens is 224 g/mol. The average Bonchev–Trinajstić information content (AvgIpc) is 2.40. The summed E-state index contributed by atoms with van der Waals surface area (Å²) in [6.45, 7) is 0. The van der Waals surface area contributed by atoms with Crippen LogP contribution in [0.1, 0.15) is 16.8 Å². The maximum Gasteiger partial charge on any atom is 0.143 e. The van der Waals surface area contributed by atoms with Crippen LogP contribution >= 0.6 is 0 Å².